The van der Waals surface area contributed by atoms with Crippen LogP contribution in [0.2, 0.25) is 0 Å². The molecule has 5 heteroatoms. The molecule has 2 atom stereocenters. The third-order valence-electron chi connectivity index (χ3n) is 2.76. The zero-order chi connectivity index (χ0) is 11.0. The molecule has 82 valence electrons. The smallest absolute Gasteiger partial charge is 0.236 e. The van der Waals surface area contributed by atoms with Gasteiger partial charge in [0.1, 0.15) is 5.76 Å². The Labute approximate surface area is 88.2 Å². The van der Waals surface area contributed by atoms with E-state index in [0.29, 0.717) is 6.54 Å². The lowest BCUT2D eigenvalue weighted by Crippen LogP contribution is -2.53. The van der Waals surface area contributed by atoms with Crippen molar-refractivity contribution in [2.24, 2.45) is 0 Å². The van der Waals surface area contributed by atoms with Gasteiger partial charge in [-0.25, -0.2) is 0 Å². The highest BCUT2D eigenvalue weighted by atomic mass is 16.5. The molecule has 1 amide bonds. The van der Waals surface area contributed by atoms with E-state index in [1.807, 2.05) is 20.8 Å². The van der Waals surface area contributed by atoms with Crippen LogP contribution in [0, 0.1) is 13.8 Å². The Morgan fingerprint density at radius 3 is 2.73 bits per heavy atom. The number of nitrogens with zero attached hydrogens (tertiary/aromatic N) is 1. The summed E-state index contributed by atoms with van der Waals surface area (Å²) in [6.07, 6.45) is 0. The minimum absolute atomic E-state index is 0.0398. The average Bonchev–Trinajstić information content (AvgIpc) is 2.52. The molecule has 2 rings (SSSR count). The zero-order valence-electron chi connectivity index (χ0n) is 9.13. The lowest BCUT2D eigenvalue weighted by atomic mass is 10.0. The van der Waals surface area contributed by atoms with Gasteiger partial charge in [-0.05, 0) is 20.8 Å². The Morgan fingerprint density at radius 1 is 1.47 bits per heavy atom. The van der Waals surface area contributed by atoms with Crippen LogP contribution in [0.15, 0.2) is 4.52 Å². The Balaban J connectivity index is 2.22. The number of hydrogen-bond donors (Lipinski definition) is 2. The van der Waals surface area contributed by atoms with E-state index in [9.17, 15) is 4.79 Å². The molecule has 15 heavy (non-hydrogen) atoms. The third kappa shape index (κ3) is 1.74. The molecular weight excluding hydrogens is 194 g/mol. The molecule has 0 spiro atoms. The second-order valence-electron chi connectivity index (χ2n) is 3.92. The van der Waals surface area contributed by atoms with Crippen LogP contribution >= 0.6 is 0 Å². The number of carbonyl (C=O) groups excluding carboxylic acids is 1. The highest BCUT2D eigenvalue weighted by molar-refractivity contribution is 5.82. The number of aromatic nitrogens is 1. The predicted octanol–water partition coefficient (Wildman–Crippen LogP) is 0.440. The van der Waals surface area contributed by atoms with E-state index in [1.54, 1.807) is 0 Å². The Morgan fingerprint density at radius 2 is 2.20 bits per heavy atom. The van der Waals surface area contributed by atoms with Gasteiger partial charge in [0.25, 0.3) is 0 Å². The molecule has 2 N–H and O–H groups in total. The minimum atomic E-state index is -0.169. The van der Waals surface area contributed by atoms with Gasteiger partial charge in [-0.15, -0.1) is 0 Å². The molecule has 1 aromatic rings. The Hall–Kier alpha value is -1.36. The van der Waals surface area contributed by atoms with Crippen LogP contribution in [-0.4, -0.2) is 23.7 Å². The zero-order valence-corrected chi connectivity index (χ0v) is 9.13. The van der Waals surface area contributed by atoms with Gasteiger partial charge >= 0.3 is 0 Å². The number of piperazine rings is 1. The summed E-state index contributed by atoms with van der Waals surface area (Å²) in [4.78, 5) is 11.3. The molecule has 2 unspecified atom stereocenters. The molecule has 0 aromatic carbocycles. The first-order valence-corrected chi connectivity index (χ1v) is 5.06. The van der Waals surface area contributed by atoms with Gasteiger partial charge < -0.3 is 9.84 Å². The van der Waals surface area contributed by atoms with Crippen molar-refractivity contribution in [1.82, 2.24) is 15.8 Å². The van der Waals surface area contributed by atoms with Gasteiger partial charge in [0.2, 0.25) is 5.91 Å². The molecular formula is C10H15N3O2. The first-order chi connectivity index (χ1) is 7.09. The van der Waals surface area contributed by atoms with Crippen molar-refractivity contribution in [1.29, 1.82) is 0 Å². The first kappa shape index (κ1) is 10.2. The molecule has 0 aliphatic carbocycles. The van der Waals surface area contributed by atoms with Crippen molar-refractivity contribution in [3.8, 4) is 0 Å². The summed E-state index contributed by atoms with van der Waals surface area (Å²) in [5.74, 6) is 0.853. The van der Waals surface area contributed by atoms with E-state index in [4.69, 9.17) is 4.52 Å². The maximum absolute atomic E-state index is 11.3. The van der Waals surface area contributed by atoms with Gasteiger partial charge in [-0.2, -0.15) is 0 Å². The molecule has 1 aromatic heterocycles. The molecule has 1 saturated heterocycles. The van der Waals surface area contributed by atoms with Gasteiger partial charge in [-0.3, -0.25) is 10.1 Å². The normalized spacial score (nSPS) is 26.5. The van der Waals surface area contributed by atoms with Crippen LogP contribution in [0.1, 0.15) is 30.0 Å². The van der Waals surface area contributed by atoms with Crippen LogP contribution in [0.25, 0.3) is 0 Å². The molecule has 0 saturated carbocycles. The van der Waals surface area contributed by atoms with Crippen LogP contribution in [0.3, 0.4) is 0 Å². The molecule has 1 aliphatic heterocycles. The van der Waals surface area contributed by atoms with Gasteiger partial charge in [-0.1, -0.05) is 5.16 Å². The minimum Gasteiger partial charge on any atom is -0.361 e. The van der Waals surface area contributed by atoms with Crippen molar-refractivity contribution < 1.29 is 9.32 Å². The maximum Gasteiger partial charge on any atom is 0.236 e. The molecule has 0 bridgehead atoms. The lowest BCUT2D eigenvalue weighted by molar-refractivity contribution is -0.124. The number of rotatable bonds is 1. The highest BCUT2D eigenvalue weighted by Crippen LogP contribution is 2.22. The van der Waals surface area contributed by atoms with Crippen molar-refractivity contribution in [3.63, 3.8) is 0 Å². The van der Waals surface area contributed by atoms with Crippen molar-refractivity contribution in [2.75, 3.05) is 6.54 Å². The summed E-state index contributed by atoms with van der Waals surface area (Å²) in [6, 6.07) is -0.0681. The van der Waals surface area contributed by atoms with Gasteiger partial charge in [0.05, 0.1) is 17.8 Å². The van der Waals surface area contributed by atoms with Crippen molar-refractivity contribution in [3.05, 3.63) is 17.0 Å². The van der Waals surface area contributed by atoms with Crippen LogP contribution in [0.4, 0.5) is 0 Å². The van der Waals surface area contributed by atoms with Gasteiger partial charge in [0, 0.05) is 12.1 Å². The van der Waals surface area contributed by atoms with E-state index in [2.05, 4.69) is 15.8 Å². The number of aryl methyl sites for hydroxylation is 2. The SMILES string of the molecule is Cc1noc(C)c1C1CNC(=O)C(C)N1. The summed E-state index contributed by atoms with van der Waals surface area (Å²) in [5, 5.41) is 10.00. The summed E-state index contributed by atoms with van der Waals surface area (Å²) in [5.41, 5.74) is 1.94. The third-order valence-corrected chi connectivity index (χ3v) is 2.76. The number of carbonyl (C=O) groups is 1. The fourth-order valence-corrected chi connectivity index (χ4v) is 1.97. The molecule has 1 aliphatic rings. The quantitative estimate of drug-likeness (QED) is 0.704. The fourth-order valence-electron chi connectivity index (χ4n) is 1.97. The van der Waals surface area contributed by atoms with E-state index in [-0.39, 0.29) is 18.0 Å². The van der Waals surface area contributed by atoms with E-state index in [0.717, 1.165) is 17.0 Å². The Kier molecular flexibility index (Phi) is 2.48. The Bertz CT molecular complexity index is 367. The average molecular weight is 209 g/mol. The largest absolute Gasteiger partial charge is 0.361 e. The predicted molar refractivity (Wildman–Crippen MR) is 54.3 cm³/mol. The summed E-state index contributed by atoms with van der Waals surface area (Å²) in [6.45, 7) is 6.23. The maximum atomic E-state index is 11.3. The summed E-state index contributed by atoms with van der Waals surface area (Å²) >= 11 is 0. The van der Waals surface area contributed by atoms with Crippen molar-refractivity contribution in [2.45, 2.75) is 32.9 Å². The van der Waals surface area contributed by atoms with Crippen LogP contribution in [-0.2, 0) is 4.79 Å². The summed E-state index contributed by atoms with van der Waals surface area (Å²) < 4.78 is 5.11. The molecule has 5 nitrogen and oxygen atoms in total. The van der Waals surface area contributed by atoms with E-state index >= 15 is 0 Å². The number of hydrogen-bond acceptors (Lipinski definition) is 4. The van der Waals surface area contributed by atoms with Crippen LogP contribution < -0.4 is 10.6 Å². The first-order valence-electron chi connectivity index (χ1n) is 5.06. The number of nitrogens with one attached hydrogen (secondary N) is 2. The lowest BCUT2D eigenvalue weighted by Gasteiger charge is -2.28. The molecule has 1 fully saturated rings. The van der Waals surface area contributed by atoms with Crippen molar-refractivity contribution >= 4 is 5.91 Å². The van der Waals surface area contributed by atoms with Crippen LogP contribution in [0.5, 0.6) is 0 Å². The topological polar surface area (TPSA) is 67.2 Å². The standard InChI is InChI=1S/C10H15N3O2/c1-5-9(7(3)15-13-5)8-4-11-10(14)6(2)12-8/h6,8,12H,4H2,1-3H3,(H,11,14). The number of amides is 1. The second-order valence-corrected chi connectivity index (χ2v) is 3.92. The second kappa shape index (κ2) is 3.66. The van der Waals surface area contributed by atoms with E-state index < -0.39 is 0 Å². The fraction of sp³-hybridized carbons (Fsp3) is 0.600. The monoisotopic (exact) mass is 209 g/mol. The van der Waals surface area contributed by atoms with Gasteiger partial charge in [0.15, 0.2) is 0 Å². The molecule has 2 heterocycles. The highest BCUT2D eigenvalue weighted by Gasteiger charge is 2.28. The van der Waals surface area contributed by atoms with E-state index in [1.165, 1.54) is 0 Å². The molecule has 0 radical (unpaired) electrons. The summed E-state index contributed by atoms with van der Waals surface area (Å²) in [7, 11) is 0.